The molecule has 136 valence electrons. The number of amides is 4. The number of urea groups is 1. The van der Waals surface area contributed by atoms with Crippen LogP contribution in [0.2, 0.25) is 10.0 Å². The number of anilines is 1. The number of hydrogen-bond donors (Lipinski definition) is 2. The first kappa shape index (κ1) is 19.5. The Labute approximate surface area is 156 Å². The Morgan fingerprint density at radius 2 is 2.04 bits per heavy atom. The molecule has 1 aliphatic heterocycles. The highest BCUT2D eigenvalue weighted by atomic mass is 35.5. The van der Waals surface area contributed by atoms with Crippen molar-refractivity contribution in [3.63, 3.8) is 0 Å². The summed E-state index contributed by atoms with van der Waals surface area (Å²) in [5.74, 6) is -0.487. The largest absolute Gasteiger partial charge is 0.344 e. The summed E-state index contributed by atoms with van der Waals surface area (Å²) in [5.41, 5.74) is 0.344. The number of nitrogens with zero attached hydrogens (tertiary/aromatic N) is 2. The zero-order valence-corrected chi connectivity index (χ0v) is 15.5. The molecule has 0 radical (unpaired) electrons. The standard InChI is InChI=1S/C16H20Cl2N4O3/c1-19-7-8-21(2)14(23)6-5-13-15(24)22(16(25)20-13)10-3-4-11(17)12(18)9-10/h3-4,9,13,19H,5-8H2,1-2H3,(H,20,25). The molecule has 0 spiro atoms. The fourth-order valence-electron chi connectivity index (χ4n) is 2.46. The number of carbonyl (C=O) groups excluding carboxylic acids is 3. The first-order chi connectivity index (χ1) is 11.8. The third kappa shape index (κ3) is 4.62. The van der Waals surface area contributed by atoms with Gasteiger partial charge in [-0.3, -0.25) is 9.59 Å². The van der Waals surface area contributed by atoms with Crippen molar-refractivity contribution < 1.29 is 14.4 Å². The molecule has 25 heavy (non-hydrogen) atoms. The van der Waals surface area contributed by atoms with Gasteiger partial charge in [-0.05, 0) is 31.7 Å². The molecule has 4 amide bonds. The average Bonchev–Trinajstić information content (AvgIpc) is 2.86. The van der Waals surface area contributed by atoms with Crippen molar-refractivity contribution in [2.24, 2.45) is 0 Å². The summed E-state index contributed by atoms with van der Waals surface area (Å²) in [7, 11) is 3.51. The van der Waals surface area contributed by atoms with Gasteiger partial charge in [0.05, 0.1) is 15.7 Å². The van der Waals surface area contributed by atoms with Gasteiger partial charge < -0.3 is 15.5 Å². The molecule has 2 rings (SSSR count). The molecule has 1 saturated heterocycles. The van der Waals surface area contributed by atoms with Gasteiger partial charge in [-0.2, -0.15) is 0 Å². The Morgan fingerprint density at radius 3 is 2.68 bits per heavy atom. The van der Waals surface area contributed by atoms with E-state index in [2.05, 4.69) is 10.6 Å². The van der Waals surface area contributed by atoms with Crippen LogP contribution in [0, 0.1) is 0 Å². The molecular weight excluding hydrogens is 367 g/mol. The smallest absolute Gasteiger partial charge is 0.329 e. The molecule has 0 aliphatic carbocycles. The molecule has 9 heteroatoms. The lowest BCUT2D eigenvalue weighted by Gasteiger charge is -2.17. The van der Waals surface area contributed by atoms with E-state index in [1.54, 1.807) is 18.0 Å². The van der Waals surface area contributed by atoms with Crippen LogP contribution in [-0.4, -0.2) is 56.0 Å². The number of likely N-dealkylation sites (N-methyl/N-ethyl adjacent to an activating group) is 2. The molecule has 1 aromatic carbocycles. The van der Waals surface area contributed by atoms with E-state index < -0.39 is 18.0 Å². The summed E-state index contributed by atoms with van der Waals surface area (Å²) < 4.78 is 0. The number of nitrogens with one attached hydrogen (secondary N) is 2. The minimum atomic E-state index is -0.733. The average molecular weight is 387 g/mol. The third-order valence-corrected chi connectivity index (χ3v) is 4.69. The van der Waals surface area contributed by atoms with E-state index in [9.17, 15) is 14.4 Å². The molecule has 7 nitrogen and oxygen atoms in total. The first-order valence-electron chi connectivity index (χ1n) is 7.83. The quantitative estimate of drug-likeness (QED) is 0.700. The second-order valence-electron chi connectivity index (χ2n) is 5.73. The molecule has 1 atom stereocenters. The van der Waals surface area contributed by atoms with E-state index in [0.29, 0.717) is 23.8 Å². The van der Waals surface area contributed by atoms with Crippen LogP contribution in [0.1, 0.15) is 12.8 Å². The Hall–Kier alpha value is -1.83. The van der Waals surface area contributed by atoms with Crippen molar-refractivity contribution in [1.82, 2.24) is 15.5 Å². The summed E-state index contributed by atoms with van der Waals surface area (Å²) >= 11 is 11.8. The lowest BCUT2D eigenvalue weighted by molar-refractivity contribution is -0.130. The van der Waals surface area contributed by atoms with Crippen molar-refractivity contribution in [2.45, 2.75) is 18.9 Å². The molecule has 0 bridgehead atoms. The number of benzene rings is 1. The van der Waals surface area contributed by atoms with Gasteiger partial charge in [0.25, 0.3) is 5.91 Å². The fourth-order valence-corrected chi connectivity index (χ4v) is 2.75. The molecule has 1 heterocycles. The lowest BCUT2D eigenvalue weighted by atomic mass is 10.1. The van der Waals surface area contributed by atoms with Crippen molar-refractivity contribution in [2.75, 3.05) is 32.1 Å². The van der Waals surface area contributed by atoms with Gasteiger partial charge in [0.15, 0.2) is 0 Å². The topological polar surface area (TPSA) is 81.8 Å². The molecule has 0 saturated carbocycles. The molecule has 1 unspecified atom stereocenters. The maximum atomic E-state index is 12.5. The van der Waals surface area contributed by atoms with Gasteiger partial charge in [-0.1, -0.05) is 23.2 Å². The minimum Gasteiger partial charge on any atom is -0.344 e. The normalized spacial score (nSPS) is 17.0. The van der Waals surface area contributed by atoms with E-state index in [4.69, 9.17) is 23.2 Å². The number of rotatable bonds is 7. The van der Waals surface area contributed by atoms with Crippen molar-refractivity contribution in [3.8, 4) is 0 Å². The number of carbonyl (C=O) groups is 3. The Morgan fingerprint density at radius 1 is 1.32 bits per heavy atom. The highest BCUT2D eigenvalue weighted by molar-refractivity contribution is 6.42. The molecule has 0 aromatic heterocycles. The predicted molar refractivity (Wildman–Crippen MR) is 97.1 cm³/mol. The van der Waals surface area contributed by atoms with Crippen molar-refractivity contribution in [1.29, 1.82) is 0 Å². The van der Waals surface area contributed by atoms with E-state index in [1.807, 2.05) is 7.05 Å². The Balaban J connectivity index is 1.98. The van der Waals surface area contributed by atoms with E-state index in [0.717, 1.165) is 4.90 Å². The first-order valence-corrected chi connectivity index (χ1v) is 8.58. The van der Waals surface area contributed by atoms with Crippen molar-refractivity contribution >= 4 is 46.7 Å². The van der Waals surface area contributed by atoms with Gasteiger partial charge in [-0.25, -0.2) is 9.69 Å². The number of halogens is 2. The third-order valence-electron chi connectivity index (χ3n) is 3.95. The van der Waals surface area contributed by atoms with Crippen molar-refractivity contribution in [3.05, 3.63) is 28.2 Å². The van der Waals surface area contributed by atoms with Crippen LogP contribution >= 0.6 is 23.2 Å². The maximum absolute atomic E-state index is 12.5. The summed E-state index contributed by atoms with van der Waals surface area (Å²) in [6, 6.07) is 3.26. The minimum absolute atomic E-state index is 0.0784. The molecule has 2 N–H and O–H groups in total. The summed E-state index contributed by atoms with van der Waals surface area (Å²) in [5, 5.41) is 6.16. The van der Waals surface area contributed by atoms with Crippen LogP contribution in [0.5, 0.6) is 0 Å². The highest BCUT2D eigenvalue weighted by Crippen LogP contribution is 2.29. The molecule has 1 fully saturated rings. The van der Waals surface area contributed by atoms with Gasteiger partial charge in [-0.15, -0.1) is 0 Å². The Kier molecular flexibility index (Phi) is 6.64. The second kappa shape index (κ2) is 8.51. The predicted octanol–water partition coefficient (Wildman–Crippen LogP) is 1.88. The fraction of sp³-hybridized carbons (Fsp3) is 0.438. The number of imide groups is 1. The van der Waals surface area contributed by atoms with Crippen LogP contribution in [-0.2, 0) is 9.59 Å². The van der Waals surface area contributed by atoms with E-state index in [-0.39, 0.29) is 23.8 Å². The zero-order valence-electron chi connectivity index (χ0n) is 14.0. The molecule has 1 aliphatic rings. The summed E-state index contributed by atoms with van der Waals surface area (Å²) in [6.07, 6.45) is 0.414. The lowest BCUT2D eigenvalue weighted by Crippen LogP contribution is -2.35. The zero-order chi connectivity index (χ0) is 18.6. The number of hydrogen-bond acceptors (Lipinski definition) is 4. The maximum Gasteiger partial charge on any atom is 0.329 e. The van der Waals surface area contributed by atoms with Crippen LogP contribution in [0.25, 0.3) is 0 Å². The SMILES string of the molecule is CNCCN(C)C(=O)CCC1NC(=O)N(c2ccc(Cl)c(Cl)c2)C1=O. The Bertz CT molecular complexity index is 683. The molecule has 1 aromatic rings. The van der Waals surface area contributed by atoms with Crippen LogP contribution in [0.15, 0.2) is 18.2 Å². The van der Waals surface area contributed by atoms with Gasteiger partial charge in [0, 0.05) is 26.6 Å². The molecular formula is C16H20Cl2N4O3. The van der Waals surface area contributed by atoms with Gasteiger partial charge >= 0.3 is 6.03 Å². The monoisotopic (exact) mass is 386 g/mol. The van der Waals surface area contributed by atoms with Crippen LogP contribution < -0.4 is 15.5 Å². The van der Waals surface area contributed by atoms with E-state index >= 15 is 0 Å². The summed E-state index contributed by atoms with van der Waals surface area (Å²) in [6.45, 7) is 1.27. The highest BCUT2D eigenvalue weighted by Gasteiger charge is 2.39. The van der Waals surface area contributed by atoms with E-state index in [1.165, 1.54) is 12.1 Å². The summed E-state index contributed by atoms with van der Waals surface area (Å²) in [4.78, 5) is 39.3. The van der Waals surface area contributed by atoms with Crippen LogP contribution in [0.4, 0.5) is 10.5 Å². The van der Waals surface area contributed by atoms with Gasteiger partial charge in [0.1, 0.15) is 6.04 Å². The van der Waals surface area contributed by atoms with Crippen LogP contribution in [0.3, 0.4) is 0 Å². The van der Waals surface area contributed by atoms with Gasteiger partial charge in [0.2, 0.25) is 5.91 Å². The second-order valence-corrected chi connectivity index (χ2v) is 6.55.